The minimum Gasteiger partial charge on any atom is -0.399 e. The Morgan fingerprint density at radius 2 is 2.08 bits per heavy atom. The van der Waals surface area contributed by atoms with Gasteiger partial charge in [-0.2, -0.15) is 0 Å². The van der Waals surface area contributed by atoms with E-state index < -0.39 is 5.09 Å². The van der Waals surface area contributed by atoms with Crippen LogP contribution in [-0.4, -0.2) is 54.8 Å². The normalized spacial score (nSPS) is 13.5. The van der Waals surface area contributed by atoms with Gasteiger partial charge in [0.05, 0.1) is 28.9 Å². The summed E-state index contributed by atoms with van der Waals surface area (Å²) in [5.41, 5.74) is 6.44. The van der Waals surface area contributed by atoms with Crippen LogP contribution in [0.25, 0.3) is 0 Å². The van der Waals surface area contributed by atoms with Gasteiger partial charge in [-0.05, 0) is 12.1 Å². The molecule has 1 aromatic rings. The van der Waals surface area contributed by atoms with E-state index in [2.05, 4.69) is 15.1 Å². The van der Waals surface area contributed by atoms with Crippen molar-refractivity contribution in [3.05, 3.63) is 32.3 Å². The lowest BCUT2D eigenvalue weighted by molar-refractivity contribution is -0.758. The molecule has 0 spiro atoms. The highest BCUT2D eigenvalue weighted by atomic mass is 35.5. The summed E-state index contributed by atoms with van der Waals surface area (Å²) < 4.78 is 5.05. The first-order chi connectivity index (χ1) is 11.9. The zero-order valence-corrected chi connectivity index (χ0v) is 14.4. The lowest BCUT2D eigenvalue weighted by Crippen LogP contribution is -2.40. The molecule has 12 heteroatoms. The van der Waals surface area contributed by atoms with Crippen molar-refractivity contribution >= 4 is 46.4 Å². The first-order valence-electron chi connectivity index (χ1n) is 7.10. The number of hydrogen-bond donors (Lipinski definition) is 2. The van der Waals surface area contributed by atoms with Crippen molar-refractivity contribution < 1.29 is 19.5 Å². The number of nitrogen functional groups attached to an aromatic ring is 1. The maximum atomic E-state index is 12.2. The Kier molecular flexibility index (Phi) is 6.62. The van der Waals surface area contributed by atoms with E-state index in [0.717, 1.165) is 0 Å². The number of carbonyl (C=O) groups is 1. The van der Waals surface area contributed by atoms with Crippen molar-refractivity contribution in [3.63, 3.8) is 0 Å². The fourth-order valence-electron chi connectivity index (χ4n) is 2.03. The quantitative estimate of drug-likeness (QED) is 0.310. The van der Waals surface area contributed by atoms with Crippen LogP contribution in [0.3, 0.4) is 0 Å². The van der Waals surface area contributed by atoms with E-state index in [9.17, 15) is 14.9 Å². The molecule has 0 saturated carbocycles. The summed E-state index contributed by atoms with van der Waals surface area (Å²) in [6, 6.07) is 3.05. The van der Waals surface area contributed by atoms with Crippen LogP contribution in [0.1, 0.15) is 0 Å². The molecule has 1 aliphatic rings. The number of anilines is 2. The zero-order chi connectivity index (χ0) is 18.4. The van der Waals surface area contributed by atoms with Crippen molar-refractivity contribution in [1.29, 1.82) is 0 Å². The number of halogens is 2. The molecule has 2 rings (SSSR count). The van der Waals surface area contributed by atoms with Crippen molar-refractivity contribution in [3.8, 4) is 0 Å². The third-order valence-corrected chi connectivity index (χ3v) is 3.69. The van der Waals surface area contributed by atoms with E-state index in [-0.39, 0.29) is 31.7 Å². The highest BCUT2D eigenvalue weighted by Gasteiger charge is 2.25. The predicted octanol–water partition coefficient (Wildman–Crippen LogP) is 1.41. The van der Waals surface area contributed by atoms with E-state index in [1.807, 2.05) is 0 Å². The summed E-state index contributed by atoms with van der Waals surface area (Å²) in [7, 11) is 0. The Morgan fingerprint density at radius 3 is 2.72 bits per heavy atom. The second-order valence-electron chi connectivity index (χ2n) is 4.84. The molecule has 0 aromatic heterocycles. The molecular weight excluding hydrogens is 377 g/mol. The summed E-state index contributed by atoms with van der Waals surface area (Å²) in [5, 5.41) is 12.6. The highest BCUT2D eigenvalue weighted by molar-refractivity contribution is 6.40. The summed E-state index contributed by atoms with van der Waals surface area (Å²) in [6.07, 6.45) is 0. The van der Waals surface area contributed by atoms with Crippen molar-refractivity contribution in [2.24, 2.45) is 4.99 Å². The van der Waals surface area contributed by atoms with Crippen LogP contribution in [0.5, 0.6) is 0 Å². The standard InChI is InChI=1S/C13H15Cl2N5O5/c14-9-5-8(16)6-10(15)12(9)18-13-17-1-2-19(13)11(21)7-24-3-4-25-20(22)23/h5-6H,1-4,7,16H2,(H,17,18). The topological polar surface area (TPSA) is 132 Å². The van der Waals surface area contributed by atoms with Gasteiger partial charge in [-0.25, -0.2) is 0 Å². The lowest BCUT2D eigenvalue weighted by Gasteiger charge is -2.20. The average molecular weight is 392 g/mol. The molecule has 25 heavy (non-hydrogen) atoms. The molecule has 1 heterocycles. The molecule has 0 aliphatic carbocycles. The SMILES string of the molecule is Nc1cc(Cl)c(NC2=NCCN2C(=O)COCCO[N+](=O)[O-])c(Cl)c1. The number of guanidine groups is 1. The van der Waals surface area contributed by atoms with E-state index in [0.29, 0.717) is 34.5 Å². The van der Waals surface area contributed by atoms with Gasteiger partial charge in [0.15, 0.2) is 0 Å². The van der Waals surface area contributed by atoms with Crippen LogP contribution in [0, 0.1) is 10.1 Å². The molecule has 0 radical (unpaired) electrons. The van der Waals surface area contributed by atoms with Gasteiger partial charge in [0.25, 0.3) is 11.0 Å². The number of rotatable bonds is 7. The molecule has 0 bridgehead atoms. The Bertz CT molecular complexity index is 676. The molecular formula is C13H15Cl2N5O5. The summed E-state index contributed by atoms with van der Waals surface area (Å²) in [6.45, 7) is 0.153. The van der Waals surface area contributed by atoms with Gasteiger partial charge >= 0.3 is 0 Å². The van der Waals surface area contributed by atoms with E-state index in [4.69, 9.17) is 33.7 Å². The number of ether oxygens (including phenoxy) is 1. The van der Waals surface area contributed by atoms with E-state index >= 15 is 0 Å². The van der Waals surface area contributed by atoms with Gasteiger partial charge in [-0.1, -0.05) is 23.2 Å². The number of hydrogen-bond acceptors (Lipinski definition) is 8. The van der Waals surface area contributed by atoms with Crippen molar-refractivity contribution in [2.75, 3.05) is 44.0 Å². The zero-order valence-electron chi connectivity index (χ0n) is 12.9. The molecule has 136 valence electrons. The van der Waals surface area contributed by atoms with E-state index in [1.54, 1.807) is 0 Å². The second kappa shape index (κ2) is 8.70. The van der Waals surface area contributed by atoms with Crippen LogP contribution in [0.2, 0.25) is 10.0 Å². The minimum absolute atomic E-state index is 0.0872. The molecule has 10 nitrogen and oxygen atoms in total. The van der Waals surface area contributed by atoms with Crippen molar-refractivity contribution in [1.82, 2.24) is 4.90 Å². The first-order valence-corrected chi connectivity index (χ1v) is 7.85. The predicted molar refractivity (Wildman–Crippen MR) is 92.3 cm³/mol. The third kappa shape index (κ3) is 5.34. The molecule has 1 aromatic carbocycles. The molecule has 3 N–H and O–H groups in total. The van der Waals surface area contributed by atoms with Gasteiger partial charge < -0.3 is 20.6 Å². The maximum absolute atomic E-state index is 12.2. The van der Waals surface area contributed by atoms with Crippen LogP contribution >= 0.6 is 23.2 Å². The molecule has 0 fully saturated rings. The summed E-state index contributed by atoms with van der Waals surface area (Å²) >= 11 is 12.2. The monoisotopic (exact) mass is 391 g/mol. The number of benzene rings is 1. The van der Waals surface area contributed by atoms with Crippen LogP contribution < -0.4 is 11.1 Å². The van der Waals surface area contributed by atoms with Gasteiger partial charge in [0, 0.05) is 12.2 Å². The first kappa shape index (κ1) is 19.0. The number of nitrogens with two attached hydrogens (primary N) is 1. The van der Waals surface area contributed by atoms with E-state index in [1.165, 1.54) is 17.0 Å². The average Bonchev–Trinajstić information content (AvgIpc) is 2.98. The van der Waals surface area contributed by atoms with Gasteiger partial charge in [-0.15, -0.1) is 10.1 Å². The van der Waals surface area contributed by atoms with Gasteiger partial charge in [0.1, 0.15) is 13.2 Å². The number of nitrogens with one attached hydrogen (secondary N) is 1. The molecule has 0 atom stereocenters. The second-order valence-corrected chi connectivity index (χ2v) is 5.66. The Hall–Kier alpha value is -2.30. The van der Waals surface area contributed by atoms with Gasteiger partial charge in [-0.3, -0.25) is 14.7 Å². The minimum atomic E-state index is -0.930. The van der Waals surface area contributed by atoms with Crippen LogP contribution in [0.4, 0.5) is 11.4 Å². The Balaban J connectivity index is 1.92. The molecule has 0 unspecified atom stereocenters. The Labute approximate surface area is 152 Å². The molecule has 1 amide bonds. The third-order valence-electron chi connectivity index (χ3n) is 3.09. The van der Waals surface area contributed by atoms with Crippen LogP contribution in [0.15, 0.2) is 17.1 Å². The summed E-state index contributed by atoms with van der Waals surface area (Å²) in [4.78, 5) is 31.8. The fourth-order valence-corrected chi connectivity index (χ4v) is 2.63. The molecule has 0 saturated heterocycles. The summed E-state index contributed by atoms with van der Waals surface area (Å²) in [5.74, 6) is -0.0868. The van der Waals surface area contributed by atoms with Crippen LogP contribution in [-0.2, 0) is 14.4 Å². The number of carbonyl (C=O) groups excluding carboxylic acids is 1. The number of aliphatic imine (C=N–C) groups is 1. The van der Waals surface area contributed by atoms with Gasteiger partial charge in [0.2, 0.25) is 5.96 Å². The number of nitrogens with zero attached hydrogens (tertiary/aromatic N) is 3. The number of amides is 1. The largest absolute Gasteiger partial charge is 0.399 e. The maximum Gasteiger partial charge on any atom is 0.294 e. The van der Waals surface area contributed by atoms with Crippen molar-refractivity contribution in [2.45, 2.75) is 0 Å². The molecule has 1 aliphatic heterocycles. The highest BCUT2D eigenvalue weighted by Crippen LogP contribution is 2.33. The Morgan fingerprint density at radius 1 is 1.40 bits per heavy atom. The fraction of sp³-hybridized carbons (Fsp3) is 0.385. The smallest absolute Gasteiger partial charge is 0.294 e. The lowest BCUT2D eigenvalue weighted by atomic mass is 10.3.